The third-order valence-electron chi connectivity index (χ3n) is 4.42. The molecule has 1 aliphatic rings. The molecule has 23 heavy (non-hydrogen) atoms. The van der Waals surface area contributed by atoms with Gasteiger partial charge < -0.3 is 14.6 Å². The van der Waals surface area contributed by atoms with Crippen molar-refractivity contribution in [1.29, 1.82) is 0 Å². The van der Waals surface area contributed by atoms with Gasteiger partial charge in [0.05, 0.1) is 17.0 Å². The third-order valence-corrected chi connectivity index (χ3v) is 4.42. The Morgan fingerprint density at radius 2 is 1.65 bits per heavy atom. The summed E-state index contributed by atoms with van der Waals surface area (Å²) in [5, 5.41) is 2.61. The molecular formula is C16H22BF2NO3. The zero-order chi connectivity index (χ0) is 17.3. The van der Waals surface area contributed by atoms with Crippen LogP contribution >= 0.6 is 0 Å². The second kappa shape index (κ2) is 6.57. The number of carbonyl (C=O) groups excluding carboxylic acids is 1. The molecule has 1 aromatic carbocycles. The Morgan fingerprint density at radius 3 is 2.13 bits per heavy atom. The first-order valence-corrected chi connectivity index (χ1v) is 7.61. The predicted molar refractivity (Wildman–Crippen MR) is 85.5 cm³/mol. The van der Waals surface area contributed by atoms with Gasteiger partial charge in [0.2, 0.25) is 12.3 Å². The van der Waals surface area contributed by atoms with Crippen LogP contribution in [0.2, 0.25) is 5.82 Å². The fourth-order valence-electron chi connectivity index (χ4n) is 2.32. The lowest BCUT2D eigenvalue weighted by atomic mass is 9.70. The van der Waals surface area contributed by atoms with Crippen LogP contribution in [0.5, 0.6) is 0 Å². The Hall–Kier alpha value is -1.47. The summed E-state index contributed by atoms with van der Waals surface area (Å²) in [5.74, 6) is -1.81. The maximum Gasteiger partial charge on any atom is 0.467 e. The molecule has 2 rings (SSSR count). The van der Waals surface area contributed by atoms with E-state index in [1.54, 1.807) is 52.0 Å². The van der Waals surface area contributed by atoms with E-state index < -0.39 is 36.5 Å². The Kier molecular flexibility index (Phi) is 5.11. The molecule has 0 saturated carbocycles. The topological polar surface area (TPSA) is 47.6 Å². The monoisotopic (exact) mass is 325 g/mol. The largest absolute Gasteiger partial charge is 0.467 e. The van der Waals surface area contributed by atoms with Crippen molar-refractivity contribution in [2.45, 2.75) is 57.6 Å². The van der Waals surface area contributed by atoms with Gasteiger partial charge in [-0.1, -0.05) is 18.2 Å². The summed E-state index contributed by atoms with van der Waals surface area (Å²) in [7, 11) is -1.11. The Labute approximate surface area is 135 Å². The number of hydrogen-bond donors (Lipinski definition) is 1. The van der Waals surface area contributed by atoms with Gasteiger partial charge in [-0.2, -0.15) is 0 Å². The second-order valence-electron chi connectivity index (χ2n) is 6.74. The quantitative estimate of drug-likeness (QED) is 0.839. The number of nitrogens with one attached hydrogen (secondary N) is 1. The van der Waals surface area contributed by atoms with E-state index in [9.17, 15) is 13.6 Å². The number of halogens is 2. The van der Waals surface area contributed by atoms with Gasteiger partial charge in [-0.05, 0) is 39.8 Å². The summed E-state index contributed by atoms with van der Waals surface area (Å²) in [6.07, 6.45) is -3.09. The molecule has 0 aliphatic carbocycles. The average molecular weight is 325 g/mol. The average Bonchev–Trinajstić information content (AvgIpc) is 2.65. The molecule has 0 radical (unpaired) electrons. The Balaban J connectivity index is 2.04. The van der Waals surface area contributed by atoms with Gasteiger partial charge in [-0.15, -0.1) is 0 Å². The first kappa shape index (κ1) is 17.9. The maximum atomic E-state index is 13.4. The summed E-state index contributed by atoms with van der Waals surface area (Å²) < 4.78 is 38.1. The zero-order valence-electron chi connectivity index (χ0n) is 13.8. The highest BCUT2D eigenvalue weighted by molar-refractivity contribution is 6.48. The molecule has 1 fully saturated rings. The molecule has 1 amide bonds. The summed E-state index contributed by atoms with van der Waals surface area (Å²) >= 11 is 0. The molecule has 4 nitrogen and oxygen atoms in total. The molecule has 1 heterocycles. The molecule has 7 heteroatoms. The van der Waals surface area contributed by atoms with Crippen molar-refractivity contribution in [3.63, 3.8) is 0 Å². The first-order valence-electron chi connectivity index (χ1n) is 7.61. The van der Waals surface area contributed by atoms with Crippen LogP contribution in [-0.2, 0) is 14.1 Å². The number of benzene rings is 1. The molecular weight excluding hydrogens is 303 g/mol. The molecule has 126 valence electrons. The van der Waals surface area contributed by atoms with Crippen LogP contribution in [0.3, 0.4) is 0 Å². The van der Waals surface area contributed by atoms with E-state index in [1.165, 1.54) is 0 Å². The van der Waals surface area contributed by atoms with Crippen LogP contribution in [0.1, 0.15) is 34.1 Å². The highest BCUT2D eigenvalue weighted by Gasteiger charge is 2.55. The number of carbonyl (C=O) groups is 1. The van der Waals surface area contributed by atoms with Crippen molar-refractivity contribution >= 4 is 18.7 Å². The van der Waals surface area contributed by atoms with E-state index in [4.69, 9.17) is 9.31 Å². The minimum absolute atomic E-state index is 0.372. The third kappa shape index (κ3) is 4.09. The van der Waals surface area contributed by atoms with Crippen LogP contribution in [0.25, 0.3) is 0 Å². The Morgan fingerprint density at radius 1 is 1.13 bits per heavy atom. The van der Waals surface area contributed by atoms with E-state index in [1.807, 2.05) is 6.07 Å². The van der Waals surface area contributed by atoms with Gasteiger partial charge in [-0.25, -0.2) is 8.78 Å². The molecule has 1 N–H and O–H groups in total. The smallest absolute Gasteiger partial charge is 0.403 e. The van der Waals surface area contributed by atoms with E-state index in [0.29, 0.717) is 5.69 Å². The molecule has 0 bridgehead atoms. The van der Waals surface area contributed by atoms with Gasteiger partial charge in [0, 0.05) is 12.1 Å². The van der Waals surface area contributed by atoms with E-state index in [2.05, 4.69) is 5.32 Å². The first-order chi connectivity index (χ1) is 10.6. The number of hydrogen-bond acceptors (Lipinski definition) is 3. The van der Waals surface area contributed by atoms with Gasteiger partial charge in [0.1, 0.15) is 0 Å². The number of anilines is 1. The molecule has 1 aromatic rings. The molecule has 0 spiro atoms. The van der Waals surface area contributed by atoms with Gasteiger partial charge in [-0.3, -0.25) is 4.79 Å². The molecule has 1 saturated heterocycles. The van der Waals surface area contributed by atoms with Gasteiger partial charge in [0.25, 0.3) is 0 Å². The van der Waals surface area contributed by atoms with Crippen molar-refractivity contribution in [3.05, 3.63) is 30.3 Å². The van der Waals surface area contributed by atoms with Crippen LogP contribution in [0, 0.1) is 0 Å². The molecule has 1 atom stereocenters. The van der Waals surface area contributed by atoms with Crippen molar-refractivity contribution in [2.24, 2.45) is 0 Å². The SMILES string of the molecule is CC1(C)OB(C(CC(=O)Nc2ccccc2)C(F)F)OC1(C)C. The fraction of sp³-hybridized carbons (Fsp3) is 0.562. The summed E-state index contributed by atoms with van der Waals surface area (Å²) in [4.78, 5) is 12.1. The van der Waals surface area contributed by atoms with Gasteiger partial charge >= 0.3 is 7.12 Å². The zero-order valence-corrected chi connectivity index (χ0v) is 13.8. The minimum Gasteiger partial charge on any atom is -0.403 e. The van der Waals surface area contributed by atoms with Crippen molar-refractivity contribution in [3.8, 4) is 0 Å². The number of para-hydroxylation sites is 1. The highest BCUT2D eigenvalue weighted by atomic mass is 19.3. The summed E-state index contributed by atoms with van der Waals surface area (Å²) in [5.41, 5.74) is -0.846. The standard InChI is InChI=1S/C16H22BF2NO3/c1-15(2)16(3,4)23-17(22-15)12(14(18)19)10-13(21)20-11-8-6-5-7-9-11/h5-9,12,14H,10H2,1-4H3,(H,20,21). The highest BCUT2D eigenvalue weighted by Crippen LogP contribution is 2.42. The van der Waals surface area contributed by atoms with Crippen molar-refractivity contribution in [2.75, 3.05) is 5.32 Å². The second-order valence-corrected chi connectivity index (χ2v) is 6.74. The number of alkyl halides is 2. The van der Waals surface area contributed by atoms with E-state index in [0.717, 1.165) is 0 Å². The molecule has 1 unspecified atom stereocenters. The maximum absolute atomic E-state index is 13.4. The Bertz CT molecular complexity index is 536. The van der Waals surface area contributed by atoms with Crippen molar-refractivity contribution in [1.82, 2.24) is 0 Å². The normalized spacial score (nSPS) is 20.6. The fourth-order valence-corrected chi connectivity index (χ4v) is 2.32. The number of rotatable bonds is 5. The van der Waals surface area contributed by atoms with E-state index >= 15 is 0 Å². The minimum atomic E-state index is -2.72. The van der Waals surface area contributed by atoms with Crippen LogP contribution < -0.4 is 5.32 Å². The van der Waals surface area contributed by atoms with Gasteiger partial charge in [0.15, 0.2) is 0 Å². The molecule has 1 aliphatic heterocycles. The summed E-state index contributed by atoms with van der Waals surface area (Å²) in [6.45, 7) is 7.16. The summed E-state index contributed by atoms with van der Waals surface area (Å²) in [6, 6.07) is 8.72. The lowest BCUT2D eigenvalue weighted by molar-refractivity contribution is -0.117. The van der Waals surface area contributed by atoms with Crippen molar-refractivity contribution < 1.29 is 22.9 Å². The van der Waals surface area contributed by atoms with Crippen LogP contribution in [0.15, 0.2) is 30.3 Å². The predicted octanol–water partition coefficient (Wildman–Crippen LogP) is 3.74. The van der Waals surface area contributed by atoms with Crippen LogP contribution in [-0.4, -0.2) is 30.7 Å². The molecule has 0 aromatic heterocycles. The lowest BCUT2D eigenvalue weighted by Crippen LogP contribution is -2.41. The lowest BCUT2D eigenvalue weighted by Gasteiger charge is -2.32. The van der Waals surface area contributed by atoms with Crippen LogP contribution in [0.4, 0.5) is 14.5 Å². The van der Waals surface area contributed by atoms with E-state index in [-0.39, 0.29) is 6.42 Å². The number of amides is 1.